The third-order valence-electron chi connectivity index (χ3n) is 5.57. The van der Waals surface area contributed by atoms with Gasteiger partial charge in [0.2, 0.25) is 0 Å². The summed E-state index contributed by atoms with van der Waals surface area (Å²) in [5.74, 6) is 0.786. The SMILES string of the molecule is CCC(C)(C)C1CCC(N)(Cc2cccc(Cl)c2Cl)CC1. The zero-order chi connectivity index (χ0) is 15.7. The summed E-state index contributed by atoms with van der Waals surface area (Å²) in [6.45, 7) is 7.06. The Hall–Kier alpha value is -0.240. The molecule has 0 aromatic heterocycles. The maximum atomic E-state index is 6.66. The van der Waals surface area contributed by atoms with Gasteiger partial charge in [0.15, 0.2) is 0 Å². The first-order chi connectivity index (χ1) is 9.77. The van der Waals surface area contributed by atoms with Crippen molar-refractivity contribution in [3.63, 3.8) is 0 Å². The van der Waals surface area contributed by atoms with E-state index in [4.69, 9.17) is 28.9 Å². The Morgan fingerprint density at radius 1 is 1.24 bits per heavy atom. The molecule has 0 amide bonds. The smallest absolute Gasteiger partial charge is 0.0624 e. The average Bonchev–Trinajstić information content (AvgIpc) is 2.44. The number of hydrogen-bond acceptors (Lipinski definition) is 1. The maximum Gasteiger partial charge on any atom is 0.0624 e. The molecule has 1 nitrogen and oxygen atoms in total. The first-order valence-electron chi connectivity index (χ1n) is 7.99. The van der Waals surface area contributed by atoms with Gasteiger partial charge in [-0.25, -0.2) is 0 Å². The molecule has 0 saturated heterocycles. The second-order valence-corrected chi connectivity index (χ2v) is 8.15. The van der Waals surface area contributed by atoms with Crippen molar-refractivity contribution in [1.82, 2.24) is 0 Å². The predicted octanol–water partition coefficient (Wildman–Crippen LogP) is 5.86. The Labute approximate surface area is 139 Å². The number of halogens is 2. The van der Waals surface area contributed by atoms with Crippen molar-refractivity contribution >= 4 is 23.2 Å². The molecule has 1 aromatic carbocycles. The largest absolute Gasteiger partial charge is 0.325 e. The lowest BCUT2D eigenvalue weighted by atomic mass is 9.65. The third-order valence-corrected chi connectivity index (χ3v) is 6.43. The van der Waals surface area contributed by atoms with Crippen molar-refractivity contribution in [2.24, 2.45) is 17.1 Å². The molecule has 118 valence electrons. The van der Waals surface area contributed by atoms with Crippen molar-refractivity contribution in [2.45, 2.75) is 64.8 Å². The highest BCUT2D eigenvalue weighted by atomic mass is 35.5. The summed E-state index contributed by atoms with van der Waals surface area (Å²) in [5, 5.41) is 1.29. The van der Waals surface area contributed by atoms with E-state index < -0.39 is 0 Å². The van der Waals surface area contributed by atoms with Crippen LogP contribution in [0.3, 0.4) is 0 Å². The van der Waals surface area contributed by atoms with Gasteiger partial charge >= 0.3 is 0 Å². The van der Waals surface area contributed by atoms with Gasteiger partial charge in [0.25, 0.3) is 0 Å². The molecule has 0 spiro atoms. The molecule has 21 heavy (non-hydrogen) atoms. The van der Waals surface area contributed by atoms with Gasteiger partial charge < -0.3 is 5.73 Å². The highest BCUT2D eigenvalue weighted by Crippen LogP contribution is 2.44. The Bertz CT molecular complexity index is 488. The van der Waals surface area contributed by atoms with Crippen LogP contribution in [-0.4, -0.2) is 5.54 Å². The minimum Gasteiger partial charge on any atom is -0.325 e. The van der Waals surface area contributed by atoms with Crippen LogP contribution in [0.25, 0.3) is 0 Å². The van der Waals surface area contributed by atoms with Crippen LogP contribution in [0.4, 0.5) is 0 Å². The average molecular weight is 328 g/mol. The summed E-state index contributed by atoms with van der Waals surface area (Å²) in [5.41, 5.74) is 8.03. The Morgan fingerprint density at radius 2 is 1.86 bits per heavy atom. The lowest BCUT2D eigenvalue weighted by Crippen LogP contribution is -2.47. The van der Waals surface area contributed by atoms with Crippen LogP contribution in [0.2, 0.25) is 10.0 Å². The molecule has 0 atom stereocenters. The minimum atomic E-state index is -0.130. The highest BCUT2D eigenvalue weighted by Gasteiger charge is 2.37. The minimum absolute atomic E-state index is 0.130. The van der Waals surface area contributed by atoms with Gasteiger partial charge in [-0.2, -0.15) is 0 Å². The Morgan fingerprint density at radius 3 is 2.43 bits per heavy atom. The molecular weight excluding hydrogens is 301 g/mol. The van der Waals surface area contributed by atoms with Crippen molar-refractivity contribution in [1.29, 1.82) is 0 Å². The Kier molecular flexibility index (Phi) is 5.28. The molecular formula is C18H27Cl2N. The monoisotopic (exact) mass is 327 g/mol. The first-order valence-corrected chi connectivity index (χ1v) is 8.75. The van der Waals surface area contributed by atoms with E-state index in [0.29, 0.717) is 15.5 Å². The fourth-order valence-corrected chi connectivity index (χ4v) is 3.89. The second-order valence-electron chi connectivity index (χ2n) is 7.37. The number of benzene rings is 1. The van der Waals surface area contributed by atoms with Crippen LogP contribution in [0.15, 0.2) is 18.2 Å². The molecule has 1 aliphatic carbocycles. The van der Waals surface area contributed by atoms with E-state index in [0.717, 1.165) is 30.7 Å². The summed E-state index contributed by atoms with van der Waals surface area (Å²) in [7, 11) is 0. The second kappa shape index (κ2) is 6.48. The Balaban J connectivity index is 2.04. The maximum absolute atomic E-state index is 6.66. The third kappa shape index (κ3) is 3.94. The molecule has 2 N–H and O–H groups in total. The molecule has 0 radical (unpaired) electrons. The molecule has 0 aliphatic heterocycles. The van der Waals surface area contributed by atoms with Gasteiger partial charge in [0.1, 0.15) is 0 Å². The molecule has 1 fully saturated rings. The van der Waals surface area contributed by atoms with Gasteiger partial charge in [-0.15, -0.1) is 0 Å². The van der Waals surface area contributed by atoms with Crippen molar-refractivity contribution < 1.29 is 0 Å². The highest BCUT2D eigenvalue weighted by molar-refractivity contribution is 6.42. The summed E-state index contributed by atoms with van der Waals surface area (Å²) in [6.07, 6.45) is 6.64. The van der Waals surface area contributed by atoms with Crippen LogP contribution in [-0.2, 0) is 6.42 Å². The number of nitrogens with two attached hydrogens (primary N) is 1. The fraction of sp³-hybridized carbons (Fsp3) is 0.667. The van der Waals surface area contributed by atoms with E-state index in [1.54, 1.807) is 0 Å². The quantitative estimate of drug-likeness (QED) is 0.736. The van der Waals surface area contributed by atoms with Crippen LogP contribution < -0.4 is 5.73 Å². The van der Waals surface area contributed by atoms with Crippen molar-refractivity contribution in [2.75, 3.05) is 0 Å². The van der Waals surface area contributed by atoms with E-state index in [2.05, 4.69) is 20.8 Å². The standard InChI is InChI=1S/C18H27Cl2N/c1-4-17(2,3)14-8-10-18(21,11-9-14)12-13-6-5-7-15(19)16(13)20/h5-7,14H,4,8-12,21H2,1-3H3. The van der Waals surface area contributed by atoms with Gasteiger partial charge in [0.05, 0.1) is 10.0 Å². The molecule has 0 bridgehead atoms. The summed E-state index contributed by atoms with van der Waals surface area (Å²) < 4.78 is 0. The van der Waals surface area contributed by atoms with Crippen molar-refractivity contribution in [3.8, 4) is 0 Å². The summed E-state index contributed by atoms with van der Waals surface area (Å²) in [6, 6.07) is 5.83. The topological polar surface area (TPSA) is 26.0 Å². The predicted molar refractivity (Wildman–Crippen MR) is 93.1 cm³/mol. The van der Waals surface area contributed by atoms with E-state index >= 15 is 0 Å². The first kappa shape index (κ1) is 17.1. The molecule has 1 aromatic rings. The lowest BCUT2D eigenvalue weighted by Gasteiger charge is -2.43. The fourth-order valence-electron chi connectivity index (χ4n) is 3.50. The molecule has 1 aliphatic rings. The summed E-state index contributed by atoms with van der Waals surface area (Å²) in [4.78, 5) is 0. The molecule has 1 saturated carbocycles. The number of hydrogen-bond donors (Lipinski definition) is 1. The van der Waals surface area contributed by atoms with Gasteiger partial charge in [-0.05, 0) is 55.1 Å². The van der Waals surface area contributed by atoms with Crippen molar-refractivity contribution in [3.05, 3.63) is 33.8 Å². The zero-order valence-corrected chi connectivity index (χ0v) is 14.9. The van der Waals surface area contributed by atoms with Gasteiger partial charge in [-0.3, -0.25) is 0 Å². The van der Waals surface area contributed by atoms with Gasteiger partial charge in [0, 0.05) is 5.54 Å². The van der Waals surface area contributed by atoms with E-state index in [9.17, 15) is 0 Å². The molecule has 0 heterocycles. The van der Waals surface area contributed by atoms with E-state index in [-0.39, 0.29) is 5.54 Å². The summed E-state index contributed by atoms with van der Waals surface area (Å²) >= 11 is 12.4. The molecule has 2 rings (SSSR count). The van der Waals surface area contributed by atoms with Crippen LogP contribution >= 0.6 is 23.2 Å². The van der Waals surface area contributed by atoms with Gasteiger partial charge in [-0.1, -0.05) is 62.5 Å². The molecule has 3 heteroatoms. The van der Waals surface area contributed by atoms with Crippen LogP contribution in [0.1, 0.15) is 58.4 Å². The van der Waals surface area contributed by atoms with E-state index in [1.165, 1.54) is 19.3 Å². The number of rotatable bonds is 4. The van der Waals surface area contributed by atoms with Crippen LogP contribution in [0.5, 0.6) is 0 Å². The molecule has 0 unspecified atom stereocenters. The van der Waals surface area contributed by atoms with Crippen LogP contribution in [0, 0.1) is 11.3 Å². The lowest BCUT2D eigenvalue weighted by molar-refractivity contribution is 0.115. The zero-order valence-electron chi connectivity index (χ0n) is 13.4. The van der Waals surface area contributed by atoms with E-state index in [1.807, 2.05) is 18.2 Å². The normalized spacial score (nSPS) is 26.9.